The van der Waals surface area contributed by atoms with Crippen molar-refractivity contribution in [1.29, 1.82) is 0 Å². The third-order valence-electron chi connectivity index (χ3n) is 5.38. The van der Waals surface area contributed by atoms with E-state index in [9.17, 15) is 9.59 Å². The van der Waals surface area contributed by atoms with Crippen LogP contribution in [-0.4, -0.2) is 29.5 Å². The quantitative estimate of drug-likeness (QED) is 0.206. The topological polar surface area (TPSA) is 68.3 Å². The largest absolute Gasteiger partial charge is 0.496 e. The van der Waals surface area contributed by atoms with Gasteiger partial charge >= 0.3 is 0 Å². The molecule has 5 rings (SSSR count). The summed E-state index contributed by atoms with van der Waals surface area (Å²) in [5.74, 6) is 0.667. The number of ketones is 1. The summed E-state index contributed by atoms with van der Waals surface area (Å²) < 4.78 is 7.04. The first-order chi connectivity index (χ1) is 16.6. The van der Waals surface area contributed by atoms with Crippen LogP contribution in [0, 0.1) is 0 Å². The second kappa shape index (κ2) is 9.67. The molecule has 0 aliphatic rings. The molecule has 0 spiro atoms. The van der Waals surface area contributed by atoms with Gasteiger partial charge in [0, 0.05) is 11.3 Å². The van der Waals surface area contributed by atoms with Gasteiger partial charge in [0.05, 0.1) is 28.6 Å². The van der Waals surface area contributed by atoms with Crippen LogP contribution in [0.1, 0.15) is 20.7 Å². The zero-order chi connectivity index (χ0) is 23.5. The summed E-state index contributed by atoms with van der Waals surface area (Å²) in [6.07, 6.45) is 0. The number of hydrogen-bond donors (Lipinski definition) is 1. The fourth-order valence-corrected chi connectivity index (χ4v) is 5.65. The van der Waals surface area contributed by atoms with Crippen molar-refractivity contribution in [2.75, 3.05) is 18.2 Å². The summed E-state index contributed by atoms with van der Waals surface area (Å²) in [4.78, 5) is 30.1. The van der Waals surface area contributed by atoms with Gasteiger partial charge in [-0.05, 0) is 47.2 Å². The number of thiazole rings is 1. The zero-order valence-corrected chi connectivity index (χ0v) is 19.9. The Hall–Kier alpha value is -3.68. The zero-order valence-electron chi connectivity index (χ0n) is 18.3. The van der Waals surface area contributed by atoms with Gasteiger partial charge in [-0.1, -0.05) is 60.3 Å². The van der Waals surface area contributed by atoms with E-state index >= 15 is 0 Å². The molecule has 1 amide bonds. The number of aromatic nitrogens is 1. The van der Waals surface area contributed by atoms with Gasteiger partial charge in [-0.25, -0.2) is 4.98 Å². The molecule has 0 aliphatic heterocycles. The van der Waals surface area contributed by atoms with Crippen molar-refractivity contribution < 1.29 is 14.3 Å². The molecule has 5 aromatic rings. The molecular formula is C27H20N2O3S2. The number of rotatable bonds is 7. The SMILES string of the molecule is COc1ccccc1C(=O)Nc1ccc2nc(SCC(=O)c3ccc4ccccc4c3)sc2c1. The molecule has 0 bridgehead atoms. The van der Waals surface area contributed by atoms with Gasteiger partial charge < -0.3 is 10.1 Å². The highest BCUT2D eigenvalue weighted by atomic mass is 32.2. The number of para-hydroxylation sites is 1. The van der Waals surface area contributed by atoms with Crippen LogP contribution in [0.3, 0.4) is 0 Å². The Balaban J connectivity index is 1.27. The number of carbonyl (C=O) groups excluding carboxylic acids is 2. The van der Waals surface area contributed by atoms with Crippen LogP contribution >= 0.6 is 23.1 Å². The molecular weight excluding hydrogens is 464 g/mol. The lowest BCUT2D eigenvalue weighted by atomic mass is 10.1. The van der Waals surface area contributed by atoms with Gasteiger partial charge in [0.25, 0.3) is 5.91 Å². The maximum Gasteiger partial charge on any atom is 0.259 e. The Bertz CT molecular complexity index is 1530. The first-order valence-electron chi connectivity index (χ1n) is 10.6. The predicted octanol–water partition coefficient (Wildman–Crippen LogP) is 6.69. The molecule has 0 atom stereocenters. The molecule has 0 saturated heterocycles. The van der Waals surface area contributed by atoms with Crippen molar-refractivity contribution in [3.8, 4) is 5.75 Å². The van der Waals surface area contributed by atoms with Gasteiger partial charge in [0.2, 0.25) is 0 Å². The highest BCUT2D eigenvalue weighted by molar-refractivity contribution is 8.01. The predicted molar refractivity (Wildman–Crippen MR) is 140 cm³/mol. The number of amides is 1. The van der Waals surface area contributed by atoms with Gasteiger partial charge in [-0.2, -0.15) is 0 Å². The summed E-state index contributed by atoms with van der Waals surface area (Å²) in [6, 6.07) is 26.5. The van der Waals surface area contributed by atoms with E-state index in [4.69, 9.17) is 4.74 Å². The Kier molecular flexibility index (Phi) is 6.29. The highest BCUT2D eigenvalue weighted by Gasteiger charge is 2.14. The molecule has 0 fully saturated rings. The number of methoxy groups -OCH3 is 1. The molecule has 168 valence electrons. The van der Waals surface area contributed by atoms with Crippen LogP contribution in [0.2, 0.25) is 0 Å². The molecule has 0 radical (unpaired) electrons. The van der Waals surface area contributed by atoms with Crippen LogP contribution in [0.4, 0.5) is 5.69 Å². The number of thioether (sulfide) groups is 1. The summed E-state index contributed by atoms with van der Waals surface area (Å²) in [6.45, 7) is 0. The normalized spacial score (nSPS) is 11.0. The number of ether oxygens (including phenoxy) is 1. The van der Waals surface area contributed by atoms with Gasteiger partial charge in [-0.3, -0.25) is 9.59 Å². The molecule has 0 unspecified atom stereocenters. The minimum atomic E-state index is -0.239. The summed E-state index contributed by atoms with van der Waals surface area (Å²) >= 11 is 2.94. The molecule has 1 N–H and O–H groups in total. The lowest BCUT2D eigenvalue weighted by Crippen LogP contribution is -2.12. The molecule has 1 heterocycles. The number of benzene rings is 4. The highest BCUT2D eigenvalue weighted by Crippen LogP contribution is 2.32. The summed E-state index contributed by atoms with van der Waals surface area (Å²) in [5, 5.41) is 5.09. The number of fused-ring (bicyclic) bond motifs is 2. The van der Waals surface area contributed by atoms with Crippen molar-refractivity contribution in [3.05, 3.63) is 96.1 Å². The van der Waals surface area contributed by atoms with Crippen LogP contribution in [0.25, 0.3) is 21.0 Å². The standard InChI is InChI=1S/C27H20N2O3S2/c1-32-24-9-5-4-8-21(24)26(31)28-20-12-13-22-25(15-20)34-27(29-22)33-16-23(30)19-11-10-17-6-2-3-7-18(17)14-19/h2-15H,16H2,1H3,(H,28,31). The van der Waals surface area contributed by atoms with E-state index in [0.29, 0.717) is 28.3 Å². The average Bonchev–Trinajstić information content (AvgIpc) is 3.29. The summed E-state index contributed by atoms with van der Waals surface area (Å²) in [5.41, 5.74) is 2.68. The van der Waals surface area contributed by atoms with E-state index in [0.717, 1.165) is 25.3 Å². The second-order valence-corrected chi connectivity index (χ2v) is 9.84. The Morgan fingerprint density at radius 1 is 0.941 bits per heavy atom. The number of nitrogens with zero attached hydrogens (tertiary/aromatic N) is 1. The third kappa shape index (κ3) is 4.66. The number of anilines is 1. The fourth-order valence-electron chi connectivity index (χ4n) is 3.65. The monoisotopic (exact) mass is 484 g/mol. The molecule has 5 nitrogen and oxygen atoms in total. The fraction of sp³-hybridized carbons (Fsp3) is 0.0741. The van der Waals surface area contributed by atoms with E-state index in [-0.39, 0.29) is 11.7 Å². The third-order valence-corrected chi connectivity index (χ3v) is 7.54. The first kappa shape index (κ1) is 22.1. The van der Waals surface area contributed by atoms with Crippen molar-refractivity contribution in [2.24, 2.45) is 0 Å². The molecule has 34 heavy (non-hydrogen) atoms. The molecule has 4 aromatic carbocycles. The van der Waals surface area contributed by atoms with Crippen LogP contribution in [0.5, 0.6) is 5.75 Å². The van der Waals surface area contributed by atoms with Crippen LogP contribution in [-0.2, 0) is 0 Å². The lowest BCUT2D eigenvalue weighted by Gasteiger charge is -2.09. The first-order valence-corrected chi connectivity index (χ1v) is 12.4. The van der Waals surface area contributed by atoms with E-state index < -0.39 is 0 Å². The van der Waals surface area contributed by atoms with Crippen molar-refractivity contribution in [3.63, 3.8) is 0 Å². The molecule has 0 saturated carbocycles. The number of carbonyl (C=O) groups is 2. The second-order valence-electron chi connectivity index (χ2n) is 7.59. The maximum atomic E-state index is 12.7. The van der Waals surface area contributed by atoms with Gasteiger partial charge in [0.15, 0.2) is 10.1 Å². The Labute approximate surface area is 204 Å². The van der Waals surface area contributed by atoms with Gasteiger partial charge in [0.1, 0.15) is 5.75 Å². The minimum Gasteiger partial charge on any atom is -0.496 e. The maximum absolute atomic E-state index is 12.7. The van der Waals surface area contributed by atoms with E-state index in [2.05, 4.69) is 10.3 Å². The van der Waals surface area contributed by atoms with E-state index in [1.165, 1.54) is 23.1 Å². The molecule has 7 heteroatoms. The number of Topliss-reactive ketones (excluding diaryl/α,β-unsaturated/α-hetero) is 1. The minimum absolute atomic E-state index is 0.0692. The van der Waals surface area contributed by atoms with E-state index in [1.54, 1.807) is 25.3 Å². The van der Waals surface area contributed by atoms with E-state index in [1.807, 2.05) is 66.7 Å². The molecule has 0 aliphatic carbocycles. The smallest absolute Gasteiger partial charge is 0.259 e. The Morgan fingerprint density at radius 3 is 2.59 bits per heavy atom. The number of nitrogens with one attached hydrogen (secondary N) is 1. The van der Waals surface area contributed by atoms with Crippen LogP contribution in [0.15, 0.2) is 89.3 Å². The molecule has 1 aromatic heterocycles. The Morgan fingerprint density at radius 2 is 1.74 bits per heavy atom. The van der Waals surface area contributed by atoms with Crippen molar-refractivity contribution >= 4 is 61.5 Å². The average molecular weight is 485 g/mol. The number of hydrogen-bond acceptors (Lipinski definition) is 6. The van der Waals surface area contributed by atoms with Crippen molar-refractivity contribution in [2.45, 2.75) is 4.34 Å². The lowest BCUT2D eigenvalue weighted by molar-refractivity contribution is 0.101. The van der Waals surface area contributed by atoms with Crippen molar-refractivity contribution in [1.82, 2.24) is 4.98 Å². The van der Waals surface area contributed by atoms with Gasteiger partial charge in [-0.15, -0.1) is 11.3 Å². The summed E-state index contributed by atoms with van der Waals surface area (Å²) in [7, 11) is 1.54. The van der Waals surface area contributed by atoms with Crippen LogP contribution < -0.4 is 10.1 Å².